The van der Waals surface area contributed by atoms with Gasteiger partial charge in [0.1, 0.15) is 12.4 Å². The third kappa shape index (κ3) is 4.89. The van der Waals surface area contributed by atoms with Gasteiger partial charge in [0.15, 0.2) is 0 Å². The molecule has 1 fully saturated rings. The fourth-order valence-electron chi connectivity index (χ4n) is 2.47. The molecule has 3 heteroatoms. The van der Waals surface area contributed by atoms with E-state index in [2.05, 4.69) is 11.8 Å². The number of hydrogen-bond acceptors (Lipinski definition) is 2. The molecule has 0 unspecified atom stereocenters. The highest BCUT2D eigenvalue weighted by atomic mass is 32.2. The molecule has 1 aliphatic carbocycles. The smallest absolute Gasteiger partial charge is 0.124 e. The number of hydrogen-bond donors (Lipinski definition) is 1. The fourth-order valence-corrected chi connectivity index (χ4v) is 3.65. The number of aliphatic hydroxyl groups excluding tert-OH is 1. The lowest BCUT2D eigenvalue weighted by Crippen LogP contribution is -1.97. The number of rotatable bonds is 4. The average molecular weight is 278 g/mol. The monoisotopic (exact) mass is 278 g/mol. The predicted molar refractivity (Wildman–Crippen MR) is 78.5 cm³/mol. The van der Waals surface area contributed by atoms with Crippen molar-refractivity contribution in [3.63, 3.8) is 0 Å². The summed E-state index contributed by atoms with van der Waals surface area (Å²) >= 11 is 1.88. The van der Waals surface area contributed by atoms with Crippen molar-refractivity contribution in [1.82, 2.24) is 0 Å². The van der Waals surface area contributed by atoms with Crippen molar-refractivity contribution in [3.8, 4) is 11.8 Å². The van der Waals surface area contributed by atoms with Gasteiger partial charge in [0, 0.05) is 11.3 Å². The van der Waals surface area contributed by atoms with E-state index in [0.29, 0.717) is 5.56 Å². The van der Waals surface area contributed by atoms with Gasteiger partial charge in [0.05, 0.1) is 0 Å². The first kappa shape index (κ1) is 14.4. The summed E-state index contributed by atoms with van der Waals surface area (Å²) < 4.78 is 13.4. The van der Waals surface area contributed by atoms with Crippen molar-refractivity contribution < 1.29 is 9.50 Å². The molecule has 19 heavy (non-hydrogen) atoms. The normalized spacial score (nSPS) is 15.3. The Hall–Kier alpha value is -0.980. The lowest BCUT2D eigenvalue weighted by Gasteiger charge is -2.08. The lowest BCUT2D eigenvalue weighted by molar-refractivity contribution is 0.350. The molecule has 0 radical (unpaired) electrons. The van der Waals surface area contributed by atoms with Crippen LogP contribution in [0.2, 0.25) is 0 Å². The molecule has 0 spiro atoms. The van der Waals surface area contributed by atoms with E-state index >= 15 is 0 Å². The van der Waals surface area contributed by atoms with Gasteiger partial charge in [-0.1, -0.05) is 24.7 Å². The van der Waals surface area contributed by atoms with E-state index in [1.54, 1.807) is 6.07 Å². The SMILES string of the molecule is OCC#Cc1cc(F)cc(CSCC2CCCC2)c1. The van der Waals surface area contributed by atoms with Crippen molar-refractivity contribution in [2.45, 2.75) is 31.4 Å². The molecule has 1 N–H and O–H groups in total. The van der Waals surface area contributed by atoms with E-state index in [1.165, 1.54) is 37.5 Å². The van der Waals surface area contributed by atoms with Gasteiger partial charge < -0.3 is 5.11 Å². The highest BCUT2D eigenvalue weighted by Crippen LogP contribution is 2.29. The molecule has 1 aliphatic rings. The van der Waals surface area contributed by atoms with Gasteiger partial charge in [0.2, 0.25) is 0 Å². The largest absolute Gasteiger partial charge is 0.384 e. The van der Waals surface area contributed by atoms with Gasteiger partial charge in [-0.2, -0.15) is 11.8 Å². The van der Waals surface area contributed by atoms with Crippen molar-refractivity contribution in [2.24, 2.45) is 5.92 Å². The molecule has 102 valence electrons. The Labute approximate surface area is 118 Å². The summed E-state index contributed by atoms with van der Waals surface area (Å²) in [6.07, 6.45) is 5.44. The average Bonchev–Trinajstić information content (AvgIpc) is 2.89. The maximum Gasteiger partial charge on any atom is 0.124 e. The number of halogens is 1. The molecule has 0 saturated heterocycles. The van der Waals surface area contributed by atoms with Crippen molar-refractivity contribution in [1.29, 1.82) is 0 Å². The van der Waals surface area contributed by atoms with Gasteiger partial charge in [0.25, 0.3) is 0 Å². The molecule has 0 aromatic heterocycles. The summed E-state index contributed by atoms with van der Waals surface area (Å²) in [4.78, 5) is 0. The quantitative estimate of drug-likeness (QED) is 0.849. The maximum atomic E-state index is 13.4. The summed E-state index contributed by atoms with van der Waals surface area (Å²) in [7, 11) is 0. The molecule has 0 amide bonds. The van der Waals surface area contributed by atoms with E-state index in [0.717, 1.165) is 17.2 Å². The molecule has 0 atom stereocenters. The Kier molecular flexibility index (Phi) is 5.75. The standard InChI is InChI=1S/C16H19FOS/c17-16-9-14(6-3-7-18)8-15(10-16)12-19-11-13-4-1-2-5-13/h8-10,13,18H,1-2,4-5,7,11-12H2. The van der Waals surface area contributed by atoms with Crippen LogP contribution in [0, 0.1) is 23.6 Å². The van der Waals surface area contributed by atoms with Gasteiger partial charge >= 0.3 is 0 Å². The Morgan fingerprint density at radius 1 is 1.26 bits per heavy atom. The minimum Gasteiger partial charge on any atom is -0.384 e. The van der Waals surface area contributed by atoms with Crippen LogP contribution in [0.3, 0.4) is 0 Å². The molecule has 0 aliphatic heterocycles. The van der Waals surface area contributed by atoms with E-state index in [-0.39, 0.29) is 12.4 Å². The van der Waals surface area contributed by atoms with Crippen LogP contribution in [0.25, 0.3) is 0 Å². The lowest BCUT2D eigenvalue weighted by atomic mass is 10.1. The molecule has 0 heterocycles. The van der Waals surface area contributed by atoms with Crippen LogP contribution >= 0.6 is 11.8 Å². The zero-order valence-corrected chi connectivity index (χ0v) is 11.8. The van der Waals surface area contributed by atoms with Crippen molar-refractivity contribution in [3.05, 3.63) is 35.1 Å². The highest BCUT2D eigenvalue weighted by Gasteiger charge is 2.14. The van der Waals surface area contributed by atoms with Crippen LogP contribution in [0.15, 0.2) is 18.2 Å². The van der Waals surface area contributed by atoms with Crippen LogP contribution in [0.4, 0.5) is 4.39 Å². The Morgan fingerprint density at radius 2 is 2.05 bits per heavy atom. The maximum absolute atomic E-state index is 13.4. The molecule has 0 bridgehead atoms. The Balaban J connectivity index is 1.89. The zero-order valence-electron chi connectivity index (χ0n) is 11.0. The summed E-state index contributed by atoms with van der Waals surface area (Å²) in [5.74, 6) is 7.92. The van der Waals surface area contributed by atoms with Crippen LogP contribution in [0.1, 0.15) is 36.8 Å². The first-order valence-electron chi connectivity index (χ1n) is 6.75. The second kappa shape index (κ2) is 7.57. The van der Waals surface area contributed by atoms with E-state index in [4.69, 9.17) is 5.11 Å². The summed E-state index contributed by atoms with van der Waals surface area (Å²) in [6, 6.07) is 4.90. The number of thioether (sulfide) groups is 1. The van der Waals surface area contributed by atoms with Crippen LogP contribution in [-0.2, 0) is 5.75 Å². The molecule has 1 saturated carbocycles. The van der Waals surface area contributed by atoms with Crippen LogP contribution in [0.5, 0.6) is 0 Å². The van der Waals surface area contributed by atoms with Gasteiger partial charge in [-0.15, -0.1) is 0 Å². The third-order valence-electron chi connectivity index (χ3n) is 3.37. The third-order valence-corrected chi connectivity index (χ3v) is 4.61. The fraction of sp³-hybridized carbons (Fsp3) is 0.500. The van der Waals surface area contributed by atoms with Gasteiger partial charge in [-0.3, -0.25) is 0 Å². The van der Waals surface area contributed by atoms with Crippen molar-refractivity contribution in [2.75, 3.05) is 12.4 Å². The molecule has 1 nitrogen and oxygen atoms in total. The topological polar surface area (TPSA) is 20.2 Å². The Bertz CT molecular complexity index is 469. The summed E-state index contributed by atoms with van der Waals surface area (Å²) in [5, 5.41) is 8.66. The minimum atomic E-state index is -0.249. The molecule has 1 aromatic carbocycles. The summed E-state index contributed by atoms with van der Waals surface area (Å²) in [6.45, 7) is -0.192. The molecular formula is C16H19FOS. The second-order valence-corrected chi connectivity index (χ2v) is 6.00. The zero-order chi connectivity index (χ0) is 13.5. The Morgan fingerprint density at radius 3 is 2.79 bits per heavy atom. The van der Waals surface area contributed by atoms with Crippen LogP contribution in [-0.4, -0.2) is 17.5 Å². The molecule has 2 rings (SSSR count). The van der Waals surface area contributed by atoms with E-state index in [1.807, 2.05) is 17.8 Å². The summed E-state index contributed by atoms with van der Waals surface area (Å²) in [5.41, 5.74) is 1.62. The van der Waals surface area contributed by atoms with Gasteiger partial charge in [-0.05, 0) is 48.3 Å². The molecular weight excluding hydrogens is 259 g/mol. The molecule has 1 aromatic rings. The minimum absolute atomic E-state index is 0.192. The van der Waals surface area contributed by atoms with Gasteiger partial charge in [-0.25, -0.2) is 4.39 Å². The number of benzene rings is 1. The number of aliphatic hydroxyl groups is 1. The first-order chi connectivity index (χ1) is 9.28. The van der Waals surface area contributed by atoms with E-state index < -0.39 is 0 Å². The van der Waals surface area contributed by atoms with Crippen LogP contribution < -0.4 is 0 Å². The first-order valence-corrected chi connectivity index (χ1v) is 7.90. The van der Waals surface area contributed by atoms with E-state index in [9.17, 15) is 4.39 Å². The second-order valence-electron chi connectivity index (χ2n) is 4.97. The van der Waals surface area contributed by atoms with Crippen molar-refractivity contribution >= 4 is 11.8 Å². The predicted octanol–water partition coefficient (Wildman–Crippen LogP) is 3.59. The highest BCUT2D eigenvalue weighted by molar-refractivity contribution is 7.98.